The second-order valence-electron chi connectivity index (χ2n) is 5.05. The van der Waals surface area contributed by atoms with E-state index in [0.717, 1.165) is 5.92 Å². The Balaban J connectivity index is 2.06. The summed E-state index contributed by atoms with van der Waals surface area (Å²) in [6.45, 7) is 2.21. The monoisotopic (exact) mass is 247 g/mol. The van der Waals surface area contributed by atoms with E-state index in [2.05, 4.69) is 29.5 Å². The molecular weight excluding hydrogens is 226 g/mol. The lowest BCUT2D eigenvalue weighted by Crippen LogP contribution is -2.34. The zero-order valence-corrected chi connectivity index (χ0v) is 10.7. The van der Waals surface area contributed by atoms with Crippen molar-refractivity contribution in [3.05, 3.63) is 35.9 Å². The Labute approximate surface area is 108 Å². The van der Waals surface area contributed by atoms with Crippen molar-refractivity contribution in [1.82, 2.24) is 5.32 Å². The van der Waals surface area contributed by atoms with Crippen LogP contribution in [0.1, 0.15) is 37.8 Å². The molecule has 0 radical (unpaired) electrons. The molecule has 0 bridgehead atoms. The second-order valence-corrected chi connectivity index (χ2v) is 5.05. The first-order valence-corrected chi connectivity index (χ1v) is 6.48. The molecule has 4 N–H and O–H groups in total. The van der Waals surface area contributed by atoms with Crippen molar-refractivity contribution in [1.29, 1.82) is 0 Å². The topological polar surface area (TPSA) is 70.6 Å². The van der Waals surface area contributed by atoms with E-state index in [0.29, 0.717) is 12.5 Å². The predicted molar refractivity (Wildman–Crippen MR) is 72.5 cm³/mol. The van der Waals surface area contributed by atoms with Crippen molar-refractivity contribution in [2.24, 2.45) is 16.8 Å². The number of rotatable bonds is 6. The normalized spacial score (nSPS) is 19.5. The number of benzene rings is 1. The van der Waals surface area contributed by atoms with Crippen LogP contribution in [0.5, 0.6) is 0 Å². The van der Waals surface area contributed by atoms with E-state index in [-0.39, 0.29) is 11.9 Å². The molecule has 2 unspecified atom stereocenters. The largest absolute Gasteiger partial charge is 0.409 e. The van der Waals surface area contributed by atoms with Gasteiger partial charge in [-0.1, -0.05) is 35.5 Å². The quantitative estimate of drug-likeness (QED) is 0.312. The molecule has 18 heavy (non-hydrogen) atoms. The van der Waals surface area contributed by atoms with Gasteiger partial charge in [-0.2, -0.15) is 0 Å². The van der Waals surface area contributed by atoms with Crippen molar-refractivity contribution < 1.29 is 5.21 Å². The fraction of sp³-hybridized carbons (Fsp3) is 0.500. The van der Waals surface area contributed by atoms with E-state index >= 15 is 0 Å². The molecule has 0 amide bonds. The standard InChI is InChI=1S/C14H21N3O/c1-10(11-7-8-11)16-13(9-14(15)17-18)12-5-3-2-4-6-12/h2-6,10-11,13,16,18H,7-9H2,1H3,(H2,15,17). The summed E-state index contributed by atoms with van der Waals surface area (Å²) in [6.07, 6.45) is 3.13. The highest BCUT2D eigenvalue weighted by Crippen LogP contribution is 2.33. The van der Waals surface area contributed by atoms with Crippen molar-refractivity contribution in [3.8, 4) is 0 Å². The Morgan fingerprint density at radius 1 is 1.44 bits per heavy atom. The highest BCUT2D eigenvalue weighted by Gasteiger charge is 2.29. The number of oxime groups is 1. The summed E-state index contributed by atoms with van der Waals surface area (Å²) in [5, 5.41) is 15.4. The summed E-state index contributed by atoms with van der Waals surface area (Å²) in [4.78, 5) is 0. The molecule has 1 aliphatic carbocycles. The van der Waals surface area contributed by atoms with Crippen molar-refractivity contribution in [2.45, 2.75) is 38.3 Å². The van der Waals surface area contributed by atoms with Gasteiger partial charge in [0.25, 0.3) is 0 Å². The highest BCUT2D eigenvalue weighted by molar-refractivity contribution is 5.80. The van der Waals surface area contributed by atoms with Crippen LogP contribution in [0.15, 0.2) is 35.5 Å². The molecule has 4 heteroatoms. The van der Waals surface area contributed by atoms with Gasteiger partial charge in [0, 0.05) is 18.5 Å². The number of hydrogen-bond donors (Lipinski definition) is 3. The van der Waals surface area contributed by atoms with E-state index in [1.807, 2.05) is 18.2 Å². The third-order valence-corrected chi connectivity index (χ3v) is 3.54. The molecule has 1 saturated carbocycles. The zero-order valence-electron chi connectivity index (χ0n) is 10.7. The van der Waals surface area contributed by atoms with Gasteiger partial charge in [0.1, 0.15) is 5.84 Å². The lowest BCUT2D eigenvalue weighted by molar-refractivity contribution is 0.314. The van der Waals surface area contributed by atoms with Gasteiger partial charge in [-0.25, -0.2) is 0 Å². The summed E-state index contributed by atoms with van der Waals surface area (Å²) in [7, 11) is 0. The molecule has 1 aromatic rings. The molecule has 4 nitrogen and oxygen atoms in total. The van der Waals surface area contributed by atoms with Gasteiger partial charge in [-0.3, -0.25) is 0 Å². The molecule has 0 saturated heterocycles. The molecule has 0 aliphatic heterocycles. The van der Waals surface area contributed by atoms with Gasteiger partial charge >= 0.3 is 0 Å². The molecule has 0 heterocycles. The fourth-order valence-corrected chi connectivity index (χ4v) is 2.26. The van der Waals surface area contributed by atoms with Gasteiger partial charge in [0.15, 0.2) is 0 Å². The third-order valence-electron chi connectivity index (χ3n) is 3.54. The average Bonchev–Trinajstić information content (AvgIpc) is 3.23. The molecule has 2 atom stereocenters. The fourth-order valence-electron chi connectivity index (χ4n) is 2.26. The van der Waals surface area contributed by atoms with E-state index in [1.165, 1.54) is 18.4 Å². The predicted octanol–water partition coefficient (Wildman–Crippen LogP) is 2.25. The Bertz CT molecular complexity index is 401. The number of nitrogens with two attached hydrogens (primary N) is 1. The summed E-state index contributed by atoms with van der Waals surface area (Å²) in [5.41, 5.74) is 6.82. The van der Waals surface area contributed by atoms with Crippen LogP contribution < -0.4 is 11.1 Å². The van der Waals surface area contributed by atoms with E-state index < -0.39 is 0 Å². The first-order chi connectivity index (χ1) is 8.70. The minimum Gasteiger partial charge on any atom is -0.409 e. The maximum atomic E-state index is 8.72. The lowest BCUT2D eigenvalue weighted by Gasteiger charge is -2.23. The van der Waals surface area contributed by atoms with Crippen LogP contribution in [0.2, 0.25) is 0 Å². The zero-order chi connectivity index (χ0) is 13.0. The third kappa shape index (κ3) is 3.47. The van der Waals surface area contributed by atoms with Crippen LogP contribution in [-0.4, -0.2) is 17.1 Å². The Kier molecular flexibility index (Phi) is 4.20. The van der Waals surface area contributed by atoms with Gasteiger partial charge < -0.3 is 16.3 Å². The number of amidine groups is 1. The van der Waals surface area contributed by atoms with Gasteiger partial charge in [-0.05, 0) is 31.2 Å². The first-order valence-electron chi connectivity index (χ1n) is 6.48. The van der Waals surface area contributed by atoms with E-state index in [9.17, 15) is 0 Å². The second kappa shape index (κ2) is 5.87. The molecule has 0 aromatic heterocycles. The van der Waals surface area contributed by atoms with Crippen LogP contribution in [0.25, 0.3) is 0 Å². The SMILES string of the molecule is CC(NC(CC(N)=NO)c1ccccc1)C1CC1. The molecular formula is C14H21N3O. The summed E-state index contributed by atoms with van der Waals surface area (Å²) in [6, 6.07) is 10.7. The molecule has 0 spiro atoms. The molecule has 1 aromatic carbocycles. The highest BCUT2D eigenvalue weighted by atomic mass is 16.4. The van der Waals surface area contributed by atoms with Gasteiger partial charge in [-0.15, -0.1) is 0 Å². The lowest BCUT2D eigenvalue weighted by atomic mass is 10.0. The number of nitrogens with zero attached hydrogens (tertiary/aromatic N) is 1. The van der Waals surface area contributed by atoms with Gasteiger partial charge in [0.05, 0.1) is 0 Å². The van der Waals surface area contributed by atoms with Crippen molar-refractivity contribution in [3.63, 3.8) is 0 Å². The summed E-state index contributed by atoms with van der Waals surface area (Å²) in [5.74, 6) is 1.04. The van der Waals surface area contributed by atoms with Gasteiger partial charge in [0.2, 0.25) is 0 Å². The van der Waals surface area contributed by atoms with Crippen LogP contribution in [0.3, 0.4) is 0 Å². The molecule has 1 aliphatic rings. The van der Waals surface area contributed by atoms with Crippen LogP contribution in [0, 0.1) is 5.92 Å². The van der Waals surface area contributed by atoms with Crippen LogP contribution in [-0.2, 0) is 0 Å². The summed E-state index contributed by atoms with van der Waals surface area (Å²) < 4.78 is 0. The maximum Gasteiger partial charge on any atom is 0.141 e. The Morgan fingerprint density at radius 2 is 2.11 bits per heavy atom. The minimum absolute atomic E-state index is 0.109. The smallest absolute Gasteiger partial charge is 0.141 e. The van der Waals surface area contributed by atoms with Crippen molar-refractivity contribution in [2.75, 3.05) is 0 Å². The first kappa shape index (κ1) is 12.9. The molecule has 1 fully saturated rings. The number of hydrogen-bond acceptors (Lipinski definition) is 3. The molecule has 98 valence electrons. The Hall–Kier alpha value is -1.55. The Morgan fingerprint density at radius 3 is 2.67 bits per heavy atom. The van der Waals surface area contributed by atoms with E-state index in [4.69, 9.17) is 10.9 Å². The van der Waals surface area contributed by atoms with Crippen molar-refractivity contribution >= 4 is 5.84 Å². The number of nitrogens with one attached hydrogen (secondary N) is 1. The minimum atomic E-state index is 0.109. The van der Waals surface area contributed by atoms with E-state index in [1.54, 1.807) is 0 Å². The van der Waals surface area contributed by atoms with Crippen LogP contribution >= 0.6 is 0 Å². The maximum absolute atomic E-state index is 8.72. The summed E-state index contributed by atoms with van der Waals surface area (Å²) >= 11 is 0. The average molecular weight is 247 g/mol. The molecule has 2 rings (SSSR count). The van der Waals surface area contributed by atoms with Crippen LogP contribution in [0.4, 0.5) is 0 Å².